The summed E-state index contributed by atoms with van der Waals surface area (Å²) in [6.45, 7) is -0.855. The second-order valence-corrected chi connectivity index (χ2v) is 3.82. The Labute approximate surface area is 112 Å². The van der Waals surface area contributed by atoms with Crippen molar-refractivity contribution < 1.29 is 29.4 Å². The number of hydrogen-bond donors (Lipinski definition) is 3. The van der Waals surface area contributed by atoms with Crippen LogP contribution in [0, 0.1) is 15.9 Å². The minimum Gasteiger partial charge on any atom is -0.478 e. The van der Waals surface area contributed by atoms with E-state index in [1.807, 2.05) is 0 Å². The van der Waals surface area contributed by atoms with Crippen molar-refractivity contribution in [1.29, 1.82) is 0 Å². The first kappa shape index (κ1) is 15.8. The van der Waals surface area contributed by atoms with E-state index in [1.165, 1.54) is 4.90 Å². The van der Waals surface area contributed by atoms with Crippen molar-refractivity contribution in [3.63, 3.8) is 0 Å². The van der Waals surface area contributed by atoms with Gasteiger partial charge in [0.1, 0.15) is 11.5 Å². The number of halogens is 1. The predicted octanol–water partition coefficient (Wildman–Crippen LogP) is 0.223. The van der Waals surface area contributed by atoms with Crippen molar-refractivity contribution in [1.82, 2.24) is 0 Å². The van der Waals surface area contributed by atoms with E-state index in [9.17, 15) is 19.3 Å². The first-order valence-corrected chi connectivity index (χ1v) is 5.60. The second-order valence-electron chi connectivity index (χ2n) is 3.82. The van der Waals surface area contributed by atoms with E-state index in [2.05, 4.69) is 0 Å². The average molecular weight is 288 g/mol. The molecule has 3 N–H and O–H groups in total. The summed E-state index contributed by atoms with van der Waals surface area (Å²) in [5.41, 5.74) is -1.52. The van der Waals surface area contributed by atoms with Gasteiger partial charge in [-0.3, -0.25) is 10.1 Å². The largest absolute Gasteiger partial charge is 0.478 e. The third kappa shape index (κ3) is 3.39. The molecule has 0 spiro atoms. The Morgan fingerprint density at radius 3 is 2.25 bits per heavy atom. The highest BCUT2D eigenvalue weighted by Gasteiger charge is 2.24. The van der Waals surface area contributed by atoms with Crippen LogP contribution in [0.1, 0.15) is 10.4 Å². The number of rotatable bonds is 7. The van der Waals surface area contributed by atoms with Gasteiger partial charge in [0.05, 0.1) is 29.8 Å². The maximum Gasteiger partial charge on any atom is 0.338 e. The van der Waals surface area contributed by atoms with Crippen molar-refractivity contribution in [2.24, 2.45) is 0 Å². The molecule has 0 aromatic heterocycles. The zero-order chi connectivity index (χ0) is 15.3. The summed E-state index contributed by atoms with van der Waals surface area (Å²) in [5.74, 6) is -2.78. The van der Waals surface area contributed by atoms with Crippen LogP contribution >= 0.6 is 0 Å². The third-order valence-electron chi connectivity index (χ3n) is 2.57. The van der Waals surface area contributed by atoms with Gasteiger partial charge in [-0.2, -0.15) is 0 Å². The molecule has 0 heterocycles. The van der Waals surface area contributed by atoms with Crippen LogP contribution in [0.25, 0.3) is 0 Å². The molecule has 0 atom stereocenters. The number of benzene rings is 1. The van der Waals surface area contributed by atoms with Crippen molar-refractivity contribution in [2.45, 2.75) is 0 Å². The molecule has 110 valence electrons. The fourth-order valence-electron chi connectivity index (χ4n) is 1.71. The van der Waals surface area contributed by atoms with Crippen molar-refractivity contribution in [3.8, 4) is 0 Å². The number of aromatic carboxylic acids is 1. The van der Waals surface area contributed by atoms with Crippen LogP contribution in [0.5, 0.6) is 0 Å². The van der Waals surface area contributed by atoms with E-state index in [-0.39, 0.29) is 32.0 Å². The molecule has 0 saturated carbocycles. The van der Waals surface area contributed by atoms with Crippen LogP contribution in [0.3, 0.4) is 0 Å². The lowest BCUT2D eigenvalue weighted by molar-refractivity contribution is -0.384. The van der Waals surface area contributed by atoms with Gasteiger partial charge in [0.15, 0.2) is 0 Å². The summed E-state index contributed by atoms with van der Waals surface area (Å²) in [6, 6.07) is 1.33. The molecule has 9 heteroatoms. The molecule has 0 amide bonds. The molecule has 0 bridgehead atoms. The van der Waals surface area contributed by atoms with Gasteiger partial charge in [0.2, 0.25) is 0 Å². The van der Waals surface area contributed by atoms with Crippen LogP contribution < -0.4 is 4.90 Å². The summed E-state index contributed by atoms with van der Waals surface area (Å²) >= 11 is 0. The van der Waals surface area contributed by atoms with E-state index in [4.69, 9.17) is 15.3 Å². The zero-order valence-corrected chi connectivity index (χ0v) is 10.3. The Morgan fingerprint density at radius 1 is 1.30 bits per heavy atom. The SMILES string of the molecule is O=C(O)c1cc(N(CCO)CCO)c([N+](=O)[O-])cc1F. The van der Waals surface area contributed by atoms with Gasteiger partial charge in [-0.05, 0) is 6.07 Å². The van der Waals surface area contributed by atoms with E-state index < -0.39 is 28.0 Å². The third-order valence-corrected chi connectivity index (χ3v) is 2.57. The molecule has 0 aliphatic heterocycles. The summed E-state index contributed by atoms with van der Waals surface area (Å²) in [6.07, 6.45) is 0. The van der Waals surface area contributed by atoms with E-state index in [0.717, 1.165) is 6.07 Å². The fraction of sp³-hybridized carbons (Fsp3) is 0.364. The van der Waals surface area contributed by atoms with Crippen molar-refractivity contribution in [2.75, 3.05) is 31.2 Å². The molecular formula is C11H13FN2O6. The predicted molar refractivity (Wildman–Crippen MR) is 66.4 cm³/mol. The molecule has 0 aliphatic carbocycles. The highest BCUT2D eigenvalue weighted by molar-refractivity contribution is 5.90. The topological polar surface area (TPSA) is 124 Å². The Balaban J connectivity index is 3.42. The van der Waals surface area contributed by atoms with Crippen molar-refractivity contribution in [3.05, 3.63) is 33.6 Å². The minimum absolute atomic E-state index is 0.0634. The molecular weight excluding hydrogens is 275 g/mol. The Hall–Kier alpha value is -2.26. The maximum atomic E-state index is 13.5. The van der Waals surface area contributed by atoms with Crippen LogP contribution in [-0.2, 0) is 0 Å². The number of nitrogens with zero attached hydrogens (tertiary/aromatic N) is 2. The average Bonchev–Trinajstić information content (AvgIpc) is 2.37. The lowest BCUT2D eigenvalue weighted by Crippen LogP contribution is -2.30. The zero-order valence-electron chi connectivity index (χ0n) is 10.3. The Kier molecular flexibility index (Phi) is 5.35. The summed E-state index contributed by atoms with van der Waals surface area (Å²) in [4.78, 5) is 22.1. The molecule has 1 aromatic rings. The van der Waals surface area contributed by atoms with Gasteiger partial charge in [-0.15, -0.1) is 0 Å². The van der Waals surface area contributed by atoms with Gasteiger partial charge < -0.3 is 20.2 Å². The summed E-state index contributed by atoms with van der Waals surface area (Å²) in [7, 11) is 0. The molecule has 8 nitrogen and oxygen atoms in total. The van der Waals surface area contributed by atoms with Crippen LogP contribution in [0.15, 0.2) is 12.1 Å². The number of anilines is 1. The number of hydrogen-bond acceptors (Lipinski definition) is 6. The van der Waals surface area contributed by atoms with Crippen LogP contribution in [0.4, 0.5) is 15.8 Å². The molecule has 1 aromatic carbocycles. The molecule has 0 unspecified atom stereocenters. The normalized spacial score (nSPS) is 10.3. The number of carbonyl (C=O) groups is 1. The van der Waals surface area contributed by atoms with Crippen LogP contribution in [-0.4, -0.2) is 52.5 Å². The molecule has 0 aliphatic rings. The molecule has 0 radical (unpaired) electrons. The highest BCUT2D eigenvalue weighted by atomic mass is 19.1. The Bertz CT molecular complexity index is 516. The minimum atomic E-state index is -1.56. The fourth-order valence-corrected chi connectivity index (χ4v) is 1.71. The van der Waals surface area contributed by atoms with Gasteiger partial charge >= 0.3 is 5.97 Å². The second kappa shape index (κ2) is 6.78. The number of aliphatic hydroxyl groups is 2. The van der Waals surface area contributed by atoms with E-state index in [1.54, 1.807) is 0 Å². The van der Waals surface area contributed by atoms with Gasteiger partial charge in [-0.1, -0.05) is 0 Å². The first-order valence-electron chi connectivity index (χ1n) is 5.60. The van der Waals surface area contributed by atoms with Crippen molar-refractivity contribution >= 4 is 17.3 Å². The smallest absolute Gasteiger partial charge is 0.338 e. The lowest BCUT2D eigenvalue weighted by atomic mass is 10.1. The van der Waals surface area contributed by atoms with E-state index >= 15 is 0 Å². The molecule has 0 fully saturated rings. The number of nitro benzene ring substituents is 1. The standard InChI is InChI=1S/C11H13FN2O6/c12-8-6-10(14(19)20)9(5-7(8)11(17)18)13(1-3-15)2-4-16/h5-6,15-16H,1-4H2,(H,17,18). The highest BCUT2D eigenvalue weighted by Crippen LogP contribution is 2.31. The van der Waals surface area contributed by atoms with Gasteiger partial charge in [-0.25, -0.2) is 9.18 Å². The van der Waals surface area contributed by atoms with Crippen LogP contribution in [0.2, 0.25) is 0 Å². The molecule has 20 heavy (non-hydrogen) atoms. The monoisotopic (exact) mass is 288 g/mol. The van der Waals surface area contributed by atoms with E-state index in [0.29, 0.717) is 6.07 Å². The maximum absolute atomic E-state index is 13.5. The molecule has 1 rings (SSSR count). The van der Waals surface area contributed by atoms with Gasteiger partial charge in [0.25, 0.3) is 5.69 Å². The van der Waals surface area contributed by atoms with Gasteiger partial charge in [0, 0.05) is 13.1 Å². The first-order chi connectivity index (χ1) is 9.42. The Morgan fingerprint density at radius 2 is 1.85 bits per heavy atom. The number of carboxylic acid groups (broad SMARTS) is 1. The summed E-state index contributed by atoms with van der Waals surface area (Å²) < 4.78 is 13.5. The number of carboxylic acids is 1. The summed E-state index contributed by atoms with van der Waals surface area (Å²) in [5, 5.41) is 37.5. The number of nitro groups is 1. The number of aliphatic hydroxyl groups excluding tert-OH is 2. The molecule has 0 saturated heterocycles. The lowest BCUT2D eigenvalue weighted by Gasteiger charge is -2.23. The quantitative estimate of drug-likeness (QED) is 0.484.